The van der Waals surface area contributed by atoms with E-state index in [2.05, 4.69) is 10.6 Å². The van der Waals surface area contributed by atoms with E-state index in [-0.39, 0.29) is 36.5 Å². The molecule has 2 fully saturated rings. The summed E-state index contributed by atoms with van der Waals surface area (Å²) in [7, 11) is 0. The Balaban J connectivity index is 1.51. The summed E-state index contributed by atoms with van der Waals surface area (Å²) in [5.41, 5.74) is 1.10. The number of carbonyl (C=O) groups is 1. The van der Waals surface area contributed by atoms with Crippen molar-refractivity contribution in [3.05, 3.63) is 35.6 Å². The molecular weight excluding hydrogens is 307 g/mol. The first kappa shape index (κ1) is 17.2. The number of benzene rings is 1. The third kappa shape index (κ3) is 4.26. The fraction of sp³-hybridized carbons (Fsp3) is 0.632. The maximum Gasteiger partial charge on any atom is 0.315 e. The number of carbonyl (C=O) groups excluding carboxylic acids is 1. The molecule has 0 spiro atoms. The molecule has 0 aromatic heterocycles. The van der Waals surface area contributed by atoms with Crippen LogP contribution in [0, 0.1) is 11.7 Å². The molecule has 2 aliphatic rings. The van der Waals surface area contributed by atoms with Gasteiger partial charge in [-0.3, -0.25) is 0 Å². The third-order valence-electron chi connectivity index (χ3n) is 5.57. The van der Waals surface area contributed by atoms with Crippen LogP contribution < -0.4 is 10.6 Å². The first-order valence-electron chi connectivity index (χ1n) is 9.09. The summed E-state index contributed by atoms with van der Waals surface area (Å²) in [5, 5.41) is 15.4. The Morgan fingerprint density at radius 2 is 1.75 bits per heavy atom. The van der Waals surface area contributed by atoms with Crippen LogP contribution in [-0.4, -0.2) is 29.8 Å². The number of aliphatic hydroxyl groups excluding tert-OH is 1. The molecule has 2 saturated carbocycles. The van der Waals surface area contributed by atoms with Crippen LogP contribution >= 0.6 is 0 Å². The number of nitrogens with one attached hydrogen (secondary N) is 2. The minimum Gasteiger partial charge on any atom is -0.396 e. The zero-order chi connectivity index (χ0) is 16.9. The smallest absolute Gasteiger partial charge is 0.315 e. The second-order valence-electron chi connectivity index (χ2n) is 7.21. The van der Waals surface area contributed by atoms with Crippen LogP contribution in [0.4, 0.5) is 9.18 Å². The minimum atomic E-state index is -0.225. The number of urea groups is 1. The molecule has 0 radical (unpaired) electrons. The Hall–Kier alpha value is -1.62. The van der Waals surface area contributed by atoms with E-state index in [1.165, 1.54) is 12.1 Å². The lowest BCUT2D eigenvalue weighted by molar-refractivity contribution is 0.174. The zero-order valence-corrected chi connectivity index (χ0v) is 14.0. The molecule has 1 aromatic carbocycles. The van der Waals surface area contributed by atoms with Crippen molar-refractivity contribution in [1.82, 2.24) is 10.6 Å². The Morgan fingerprint density at radius 1 is 1.04 bits per heavy atom. The summed E-state index contributed by atoms with van der Waals surface area (Å²) >= 11 is 0. The van der Waals surface area contributed by atoms with Crippen LogP contribution in [0.15, 0.2) is 24.3 Å². The molecule has 5 heteroatoms. The van der Waals surface area contributed by atoms with Crippen LogP contribution in [0.1, 0.15) is 56.4 Å². The molecule has 2 atom stereocenters. The molecule has 0 bridgehead atoms. The average molecular weight is 334 g/mol. The van der Waals surface area contributed by atoms with Gasteiger partial charge in [-0.25, -0.2) is 9.18 Å². The first-order valence-corrected chi connectivity index (χ1v) is 9.09. The highest BCUT2D eigenvalue weighted by Gasteiger charge is 2.30. The molecule has 2 unspecified atom stereocenters. The predicted molar refractivity (Wildman–Crippen MR) is 91.3 cm³/mol. The summed E-state index contributed by atoms with van der Waals surface area (Å²) in [6, 6.07) is 6.86. The number of halogens is 1. The fourth-order valence-corrected chi connectivity index (χ4v) is 4.13. The lowest BCUT2D eigenvalue weighted by Gasteiger charge is -2.29. The molecule has 0 aliphatic heterocycles. The van der Waals surface area contributed by atoms with Crippen LogP contribution in [-0.2, 0) is 0 Å². The van der Waals surface area contributed by atoms with Crippen molar-refractivity contribution < 1.29 is 14.3 Å². The maximum absolute atomic E-state index is 13.1. The van der Waals surface area contributed by atoms with Gasteiger partial charge in [-0.2, -0.15) is 0 Å². The number of amides is 2. The van der Waals surface area contributed by atoms with Gasteiger partial charge in [-0.05, 0) is 62.1 Å². The van der Waals surface area contributed by atoms with Crippen molar-refractivity contribution in [2.75, 3.05) is 6.61 Å². The van der Waals surface area contributed by atoms with E-state index in [0.29, 0.717) is 5.92 Å². The number of hydrogen-bond acceptors (Lipinski definition) is 2. The predicted octanol–water partition coefficient (Wildman–Crippen LogP) is 3.31. The van der Waals surface area contributed by atoms with Gasteiger partial charge in [0.05, 0.1) is 0 Å². The highest BCUT2D eigenvalue weighted by molar-refractivity contribution is 5.74. The summed E-state index contributed by atoms with van der Waals surface area (Å²) in [6.45, 7) is 0.250. The lowest BCUT2D eigenvalue weighted by atomic mass is 9.86. The van der Waals surface area contributed by atoms with Gasteiger partial charge < -0.3 is 15.7 Å². The molecular formula is C19H27FN2O2. The van der Waals surface area contributed by atoms with E-state index >= 15 is 0 Å². The summed E-state index contributed by atoms with van der Waals surface area (Å²) < 4.78 is 13.1. The second kappa shape index (κ2) is 7.97. The van der Waals surface area contributed by atoms with Crippen LogP contribution in [0.3, 0.4) is 0 Å². The van der Waals surface area contributed by atoms with E-state index in [0.717, 1.165) is 50.5 Å². The second-order valence-corrected chi connectivity index (χ2v) is 7.21. The summed E-state index contributed by atoms with van der Waals surface area (Å²) in [4.78, 5) is 12.3. The van der Waals surface area contributed by atoms with Gasteiger partial charge in [-0.1, -0.05) is 18.6 Å². The van der Waals surface area contributed by atoms with Crippen molar-refractivity contribution >= 4 is 6.03 Å². The standard InChI is InChI=1S/C19H27FN2O2/c20-15-8-6-14(7-9-15)17-2-1-3-18(17)22-19(24)21-16-10-4-13(12-23)5-11-16/h6-9,13,16-18,23H,1-5,10-12H2,(H2,21,22,24). The Kier molecular flexibility index (Phi) is 5.72. The van der Waals surface area contributed by atoms with Crippen molar-refractivity contribution in [2.24, 2.45) is 5.92 Å². The van der Waals surface area contributed by atoms with E-state index in [1.54, 1.807) is 0 Å². The van der Waals surface area contributed by atoms with Crippen molar-refractivity contribution in [3.8, 4) is 0 Å². The summed E-state index contributed by atoms with van der Waals surface area (Å²) in [5.74, 6) is 0.433. The molecule has 3 rings (SSSR count). The highest BCUT2D eigenvalue weighted by Crippen LogP contribution is 2.34. The topological polar surface area (TPSA) is 61.4 Å². The van der Waals surface area contributed by atoms with E-state index < -0.39 is 0 Å². The molecule has 132 valence electrons. The molecule has 0 heterocycles. The molecule has 1 aromatic rings. The van der Waals surface area contributed by atoms with Crippen LogP contribution in [0.5, 0.6) is 0 Å². The van der Waals surface area contributed by atoms with Gasteiger partial charge in [-0.15, -0.1) is 0 Å². The third-order valence-corrected chi connectivity index (χ3v) is 5.57. The number of aliphatic hydroxyl groups is 1. The summed E-state index contributed by atoms with van der Waals surface area (Å²) in [6.07, 6.45) is 6.89. The van der Waals surface area contributed by atoms with Gasteiger partial charge in [0, 0.05) is 24.6 Å². The Labute approximate surface area is 142 Å². The Bertz CT molecular complexity index is 541. The highest BCUT2D eigenvalue weighted by atomic mass is 19.1. The first-order chi connectivity index (χ1) is 11.7. The molecule has 0 saturated heterocycles. The van der Waals surface area contributed by atoms with E-state index in [9.17, 15) is 14.3 Å². The van der Waals surface area contributed by atoms with Crippen molar-refractivity contribution in [3.63, 3.8) is 0 Å². The molecule has 4 nitrogen and oxygen atoms in total. The van der Waals surface area contributed by atoms with Gasteiger partial charge in [0.1, 0.15) is 5.82 Å². The maximum atomic E-state index is 13.1. The van der Waals surface area contributed by atoms with E-state index in [4.69, 9.17) is 0 Å². The molecule has 2 aliphatic carbocycles. The Morgan fingerprint density at radius 3 is 2.42 bits per heavy atom. The monoisotopic (exact) mass is 334 g/mol. The van der Waals surface area contributed by atoms with Crippen molar-refractivity contribution in [1.29, 1.82) is 0 Å². The molecule has 2 amide bonds. The van der Waals surface area contributed by atoms with E-state index in [1.807, 2.05) is 12.1 Å². The molecule has 24 heavy (non-hydrogen) atoms. The number of hydrogen-bond donors (Lipinski definition) is 3. The number of rotatable bonds is 4. The van der Waals surface area contributed by atoms with Crippen LogP contribution in [0.25, 0.3) is 0 Å². The van der Waals surface area contributed by atoms with Gasteiger partial charge in [0.25, 0.3) is 0 Å². The molecule has 3 N–H and O–H groups in total. The van der Waals surface area contributed by atoms with Gasteiger partial charge in [0.15, 0.2) is 0 Å². The van der Waals surface area contributed by atoms with Gasteiger partial charge >= 0.3 is 6.03 Å². The quantitative estimate of drug-likeness (QED) is 0.791. The normalized spacial score (nSPS) is 30.1. The largest absolute Gasteiger partial charge is 0.396 e. The fourth-order valence-electron chi connectivity index (χ4n) is 4.13. The lowest BCUT2D eigenvalue weighted by Crippen LogP contribution is -2.48. The van der Waals surface area contributed by atoms with Crippen LogP contribution in [0.2, 0.25) is 0 Å². The average Bonchev–Trinajstić information content (AvgIpc) is 3.04. The van der Waals surface area contributed by atoms with Gasteiger partial charge in [0.2, 0.25) is 0 Å². The van der Waals surface area contributed by atoms with Crippen molar-refractivity contribution in [2.45, 2.75) is 62.9 Å². The zero-order valence-electron chi connectivity index (χ0n) is 14.0. The minimum absolute atomic E-state index is 0.0959. The SMILES string of the molecule is O=C(NC1CCC(CO)CC1)NC1CCCC1c1ccc(F)cc1.